The van der Waals surface area contributed by atoms with Gasteiger partial charge in [-0.05, 0) is 35.2 Å². The van der Waals surface area contributed by atoms with Crippen molar-refractivity contribution in [3.05, 3.63) is 26.6 Å². The van der Waals surface area contributed by atoms with E-state index in [1.54, 1.807) is 11.2 Å². The third-order valence-electron chi connectivity index (χ3n) is 4.07. The van der Waals surface area contributed by atoms with Crippen LogP contribution in [0, 0.1) is 0 Å². The second-order valence-corrected chi connectivity index (χ2v) is 6.52. The normalized spacial score (nSPS) is 18.1. The number of hydrogen-bond acceptors (Lipinski definition) is 4. The van der Waals surface area contributed by atoms with E-state index in [1.165, 1.54) is 0 Å². The van der Waals surface area contributed by atoms with Crippen LogP contribution in [-0.2, 0) is 6.67 Å². The van der Waals surface area contributed by atoms with Gasteiger partial charge in [0.2, 0.25) is 5.43 Å². The minimum Gasteiger partial charge on any atom is -0.487 e. The number of nitrogens with zero attached hydrogens (tertiary/aromatic N) is 3. The summed E-state index contributed by atoms with van der Waals surface area (Å²) >= 11 is 3.29. The van der Waals surface area contributed by atoms with E-state index in [4.69, 9.17) is 4.74 Å². The highest BCUT2D eigenvalue weighted by atomic mass is 79.9. The maximum absolute atomic E-state index is 12.8. The largest absolute Gasteiger partial charge is 0.487 e. The maximum atomic E-state index is 12.8. The van der Waals surface area contributed by atoms with Crippen LogP contribution in [0.5, 0.6) is 5.75 Å². The molecule has 1 amide bonds. The molecule has 3 rings (SSSR count). The highest BCUT2D eigenvalue weighted by molar-refractivity contribution is 9.10. The molecule has 0 bridgehead atoms. The van der Waals surface area contributed by atoms with Crippen LogP contribution in [0.15, 0.2) is 15.5 Å². The number of rotatable bonds is 4. The fourth-order valence-corrected chi connectivity index (χ4v) is 3.31. The molecule has 0 aromatic carbocycles. The smallest absolute Gasteiger partial charge is 0.288 e. The highest BCUT2D eigenvalue weighted by Crippen LogP contribution is 2.27. The van der Waals surface area contributed by atoms with Crippen molar-refractivity contribution in [1.82, 2.24) is 14.6 Å². The van der Waals surface area contributed by atoms with Crippen molar-refractivity contribution in [2.45, 2.75) is 39.3 Å². The van der Waals surface area contributed by atoms with Gasteiger partial charge in [-0.15, -0.1) is 0 Å². The number of ether oxygens (including phenoxy) is 1. The molecule has 1 fully saturated rings. The molecule has 0 atom stereocenters. The Morgan fingerprint density at radius 2 is 2.05 bits per heavy atom. The minimum absolute atomic E-state index is 0.137. The molecule has 2 aliphatic rings. The molecule has 0 saturated carbocycles. The van der Waals surface area contributed by atoms with Gasteiger partial charge in [-0.2, -0.15) is 5.01 Å². The number of pyridine rings is 1. The van der Waals surface area contributed by atoms with Crippen molar-refractivity contribution in [1.29, 1.82) is 0 Å². The Labute approximate surface area is 137 Å². The van der Waals surface area contributed by atoms with Crippen LogP contribution in [0.25, 0.3) is 0 Å². The number of carbonyl (C=O) groups excluding carboxylic acids is 1. The molecule has 1 aromatic rings. The van der Waals surface area contributed by atoms with E-state index in [9.17, 15) is 9.59 Å². The fourth-order valence-electron chi connectivity index (χ4n) is 2.88. The van der Waals surface area contributed by atoms with Gasteiger partial charge >= 0.3 is 0 Å². The van der Waals surface area contributed by atoms with Gasteiger partial charge < -0.3 is 9.30 Å². The molecule has 6 nitrogen and oxygen atoms in total. The lowest BCUT2D eigenvalue weighted by Crippen LogP contribution is -2.55. The summed E-state index contributed by atoms with van der Waals surface area (Å²) < 4.78 is 7.93. The van der Waals surface area contributed by atoms with E-state index in [2.05, 4.69) is 22.9 Å². The third-order valence-corrected chi connectivity index (χ3v) is 4.63. The van der Waals surface area contributed by atoms with Gasteiger partial charge in [-0.1, -0.05) is 13.3 Å². The maximum Gasteiger partial charge on any atom is 0.288 e. The van der Waals surface area contributed by atoms with Crippen molar-refractivity contribution in [3.8, 4) is 5.75 Å². The SMILES string of the molecule is CCCCOc1c2n(cc(Br)c1=O)CN1CCCCN1C2=O. The molecule has 2 aliphatic heterocycles. The van der Waals surface area contributed by atoms with Crippen LogP contribution in [0.1, 0.15) is 43.1 Å². The summed E-state index contributed by atoms with van der Waals surface area (Å²) in [6, 6.07) is 0. The Kier molecular flexibility index (Phi) is 4.54. The predicted octanol–water partition coefficient (Wildman–Crippen LogP) is 2.21. The Balaban J connectivity index is 2.02. The Hall–Kier alpha value is -1.34. The molecule has 0 spiro atoms. The quantitative estimate of drug-likeness (QED) is 0.763. The van der Waals surface area contributed by atoms with E-state index in [0.717, 1.165) is 32.2 Å². The first kappa shape index (κ1) is 15.6. The van der Waals surface area contributed by atoms with Crippen LogP contribution in [-0.4, -0.2) is 40.2 Å². The average molecular weight is 370 g/mol. The van der Waals surface area contributed by atoms with Crippen LogP contribution in [0.4, 0.5) is 0 Å². The van der Waals surface area contributed by atoms with E-state index in [-0.39, 0.29) is 17.1 Å². The summed E-state index contributed by atoms with van der Waals surface area (Å²) in [5.41, 5.74) is 0.128. The molecule has 7 heteroatoms. The highest BCUT2D eigenvalue weighted by Gasteiger charge is 2.35. The molecule has 0 unspecified atom stereocenters. The molecule has 0 radical (unpaired) electrons. The monoisotopic (exact) mass is 369 g/mol. The number of hydrogen-bond donors (Lipinski definition) is 0. The zero-order valence-corrected chi connectivity index (χ0v) is 14.3. The Morgan fingerprint density at radius 1 is 1.27 bits per heavy atom. The minimum atomic E-state index is -0.249. The topological polar surface area (TPSA) is 54.8 Å². The predicted molar refractivity (Wildman–Crippen MR) is 85.8 cm³/mol. The number of aromatic nitrogens is 1. The van der Waals surface area contributed by atoms with E-state index >= 15 is 0 Å². The number of amides is 1. The van der Waals surface area contributed by atoms with E-state index in [0.29, 0.717) is 30.0 Å². The van der Waals surface area contributed by atoms with Crippen LogP contribution in [0.2, 0.25) is 0 Å². The number of fused-ring (bicyclic) bond motifs is 2. The number of carbonyl (C=O) groups is 1. The Morgan fingerprint density at radius 3 is 2.82 bits per heavy atom. The summed E-state index contributed by atoms with van der Waals surface area (Å²) in [4.78, 5) is 25.2. The lowest BCUT2D eigenvalue weighted by molar-refractivity contribution is -0.0623. The standard InChI is InChI=1S/C15H20BrN3O3/c1-2-3-8-22-14-12-15(21)19-7-5-4-6-18(19)10-17(12)9-11(16)13(14)20/h9H,2-8,10H2,1H3. The first-order valence-electron chi connectivity index (χ1n) is 7.76. The van der Waals surface area contributed by atoms with Crippen LogP contribution >= 0.6 is 15.9 Å². The van der Waals surface area contributed by atoms with Gasteiger partial charge in [0.25, 0.3) is 5.91 Å². The van der Waals surface area contributed by atoms with Crippen molar-refractivity contribution in [2.75, 3.05) is 19.7 Å². The van der Waals surface area contributed by atoms with E-state index in [1.807, 2.05) is 9.58 Å². The van der Waals surface area contributed by atoms with Gasteiger partial charge in [0.1, 0.15) is 0 Å². The summed E-state index contributed by atoms with van der Waals surface area (Å²) in [7, 11) is 0. The summed E-state index contributed by atoms with van der Waals surface area (Å²) in [5, 5.41) is 3.78. The molecule has 3 heterocycles. The number of hydrazine groups is 1. The van der Waals surface area contributed by atoms with Gasteiger partial charge in [0.05, 0.1) is 17.7 Å². The Bertz CT molecular complexity index is 644. The lowest BCUT2D eigenvalue weighted by atomic mass is 10.2. The second-order valence-electron chi connectivity index (χ2n) is 5.66. The van der Waals surface area contributed by atoms with E-state index < -0.39 is 0 Å². The van der Waals surface area contributed by atoms with Crippen LogP contribution in [0.3, 0.4) is 0 Å². The molecule has 0 N–H and O–H groups in total. The molecule has 1 aromatic heterocycles. The first-order chi connectivity index (χ1) is 10.6. The van der Waals surface area contributed by atoms with Gasteiger partial charge in [-0.3, -0.25) is 14.6 Å². The fraction of sp³-hybridized carbons (Fsp3) is 0.600. The van der Waals surface area contributed by atoms with Crippen molar-refractivity contribution in [3.63, 3.8) is 0 Å². The molecule has 120 valence electrons. The van der Waals surface area contributed by atoms with Gasteiger partial charge in [-0.25, -0.2) is 0 Å². The van der Waals surface area contributed by atoms with Crippen molar-refractivity contribution in [2.24, 2.45) is 0 Å². The average Bonchev–Trinajstić information content (AvgIpc) is 2.51. The molecular weight excluding hydrogens is 350 g/mol. The number of halogens is 1. The zero-order chi connectivity index (χ0) is 15.7. The summed E-state index contributed by atoms with van der Waals surface area (Å²) in [6.07, 6.45) is 5.60. The third kappa shape index (κ3) is 2.67. The van der Waals surface area contributed by atoms with Crippen LogP contribution < -0.4 is 10.2 Å². The number of unbranched alkanes of at least 4 members (excludes halogenated alkanes) is 1. The second kappa shape index (κ2) is 6.42. The lowest BCUT2D eigenvalue weighted by Gasteiger charge is -2.43. The molecular formula is C15H20BrN3O3. The van der Waals surface area contributed by atoms with Gasteiger partial charge in [0.15, 0.2) is 11.4 Å². The van der Waals surface area contributed by atoms with Crippen molar-refractivity contribution >= 4 is 21.8 Å². The zero-order valence-electron chi connectivity index (χ0n) is 12.7. The summed E-state index contributed by atoms with van der Waals surface area (Å²) in [6.45, 7) is 4.65. The van der Waals surface area contributed by atoms with Crippen molar-refractivity contribution < 1.29 is 9.53 Å². The molecule has 22 heavy (non-hydrogen) atoms. The summed E-state index contributed by atoms with van der Waals surface area (Å²) in [5.74, 6) is 0.0418. The molecule has 0 aliphatic carbocycles. The molecule has 1 saturated heterocycles. The van der Waals surface area contributed by atoms with Gasteiger partial charge in [0, 0.05) is 19.3 Å². The first-order valence-corrected chi connectivity index (χ1v) is 8.55.